The zero-order valence-electron chi connectivity index (χ0n) is 13.9. The quantitative estimate of drug-likeness (QED) is 0.514. The van der Waals surface area contributed by atoms with E-state index in [9.17, 15) is 24.5 Å². The monoisotopic (exact) mass is 370 g/mol. The second kappa shape index (κ2) is 7.52. The van der Waals surface area contributed by atoms with E-state index >= 15 is 0 Å². The van der Waals surface area contributed by atoms with Crippen molar-refractivity contribution in [3.63, 3.8) is 0 Å². The number of hydrogen-bond donors (Lipinski definition) is 2. The van der Waals surface area contributed by atoms with Crippen LogP contribution in [0.5, 0.6) is 0 Å². The van der Waals surface area contributed by atoms with E-state index in [1.807, 2.05) is 0 Å². The Morgan fingerprint density at radius 3 is 2.48 bits per heavy atom. The number of carbonyl (C=O) groups excluding carboxylic acids is 2. The van der Waals surface area contributed by atoms with Crippen LogP contribution in [-0.2, 0) is 11.3 Å². The van der Waals surface area contributed by atoms with E-state index in [1.165, 1.54) is 28.8 Å². The molecule has 138 valence electrons. The number of hydrazine groups is 1. The maximum absolute atomic E-state index is 11.9. The summed E-state index contributed by atoms with van der Waals surface area (Å²) in [5, 5.41) is 10.6. The number of nitrogens with one attached hydrogen (secondary N) is 2. The van der Waals surface area contributed by atoms with Crippen LogP contribution in [0.2, 0.25) is 0 Å². The number of rotatable bonds is 5. The molecule has 27 heavy (non-hydrogen) atoms. The number of nitro benzene ring substituents is 1. The first kappa shape index (κ1) is 17.9. The summed E-state index contributed by atoms with van der Waals surface area (Å²) in [7, 11) is 0. The molecule has 0 spiro atoms. The number of carbonyl (C=O) groups is 2. The summed E-state index contributed by atoms with van der Waals surface area (Å²) in [6.45, 7) is 0.0785. The van der Waals surface area contributed by atoms with E-state index in [2.05, 4.69) is 10.9 Å². The molecule has 0 aliphatic rings. The van der Waals surface area contributed by atoms with Gasteiger partial charge in [0.2, 0.25) is 5.91 Å². The van der Waals surface area contributed by atoms with Crippen LogP contribution in [0.4, 0.5) is 5.69 Å². The molecule has 0 aliphatic heterocycles. The van der Waals surface area contributed by atoms with E-state index in [0.29, 0.717) is 11.1 Å². The minimum Gasteiger partial charge on any atom is -0.408 e. The van der Waals surface area contributed by atoms with Crippen molar-refractivity contribution in [1.29, 1.82) is 0 Å². The summed E-state index contributed by atoms with van der Waals surface area (Å²) in [4.78, 5) is 45.7. The maximum Gasteiger partial charge on any atom is 0.419 e. The third kappa shape index (κ3) is 4.00. The molecular formula is C17H14N4O6. The number of oxazole rings is 1. The summed E-state index contributed by atoms with van der Waals surface area (Å²) in [5.41, 5.74) is 5.45. The van der Waals surface area contributed by atoms with Crippen LogP contribution in [0, 0.1) is 10.1 Å². The number of aromatic nitrogens is 1. The fourth-order valence-corrected chi connectivity index (χ4v) is 2.43. The van der Waals surface area contributed by atoms with Crippen LogP contribution in [0.3, 0.4) is 0 Å². The van der Waals surface area contributed by atoms with E-state index < -0.39 is 22.5 Å². The fraction of sp³-hybridized carbons (Fsp3) is 0.118. The summed E-state index contributed by atoms with van der Waals surface area (Å²) >= 11 is 0. The van der Waals surface area contributed by atoms with Gasteiger partial charge in [0.05, 0.1) is 10.4 Å². The summed E-state index contributed by atoms with van der Waals surface area (Å²) < 4.78 is 6.40. The van der Waals surface area contributed by atoms with Gasteiger partial charge in [-0.05, 0) is 24.3 Å². The van der Waals surface area contributed by atoms with Gasteiger partial charge in [0.15, 0.2) is 5.58 Å². The first-order chi connectivity index (χ1) is 13.0. The Kier molecular flexibility index (Phi) is 4.97. The van der Waals surface area contributed by atoms with Gasteiger partial charge in [-0.15, -0.1) is 0 Å². The second-order valence-electron chi connectivity index (χ2n) is 5.54. The van der Waals surface area contributed by atoms with Gasteiger partial charge in [-0.2, -0.15) is 0 Å². The lowest BCUT2D eigenvalue weighted by atomic mass is 10.2. The number of hydrogen-bond acceptors (Lipinski definition) is 6. The lowest BCUT2D eigenvalue weighted by molar-refractivity contribution is -0.384. The minimum absolute atomic E-state index is 0.0655. The topological polar surface area (TPSA) is 136 Å². The number of amides is 2. The van der Waals surface area contributed by atoms with Crippen molar-refractivity contribution in [2.24, 2.45) is 0 Å². The average molecular weight is 370 g/mol. The highest BCUT2D eigenvalue weighted by Crippen LogP contribution is 2.12. The smallest absolute Gasteiger partial charge is 0.408 e. The molecular weight excluding hydrogens is 356 g/mol. The SMILES string of the molecule is O=C(CCn1c(=O)oc2ccccc21)NNC(=O)c1ccc([N+](=O)[O-])cc1. The molecule has 0 atom stereocenters. The van der Waals surface area contributed by atoms with Gasteiger partial charge >= 0.3 is 5.76 Å². The van der Waals surface area contributed by atoms with E-state index in [1.54, 1.807) is 24.3 Å². The van der Waals surface area contributed by atoms with E-state index in [-0.39, 0.29) is 24.2 Å². The van der Waals surface area contributed by atoms with E-state index in [0.717, 1.165) is 0 Å². The highest BCUT2D eigenvalue weighted by Gasteiger charge is 2.12. The molecule has 0 bridgehead atoms. The standard InChI is InChI=1S/C17H14N4O6/c22-15(9-10-20-13-3-1-2-4-14(13)27-17(20)24)18-19-16(23)11-5-7-12(8-6-11)21(25)26/h1-8H,9-10H2,(H,18,22)(H,19,23). The summed E-state index contributed by atoms with van der Waals surface area (Å²) in [5.74, 6) is -1.70. The molecule has 2 aromatic carbocycles. The predicted molar refractivity (Wildman–Crippen MR) is 93.8 cm³/mol. The minimum atomic E-state index is -0.621. The predicted octanol–water partition coefficient (Wildman–Crippen LogP) is 1.35. The fourth-order valence-electron chi connectivity index (χ4n) is 2.43. The van der Waals surface area contributed by atoms with Crippen molar-refractivity contribution in [3.8, 4) is 0 Å². The van der Waals surface area contributed by atoms with Gasteiger partial charge < -0.3 is 4.42 Å². The Labute approximate surface area is 151 Å². The van der Waals surface area contributed by atoms with Gasteiger partial charge in [-0.3, -0.25) is 35.1 Å². The number of nitrogens with zero attached hydrogens (tertiary/aromatic N) is 2. The highest BCUT2D eigenvalue weighted by molar-refractivity contribution is 5.95. The largest absolute Gasteiger partial charge is 0.419 e. The van der Waals surface area contributed by atoms with E-state index in [4.69, 9.17) is 4.42 Å². The Morgan fingerprint density at radius 1 is 1.07 bits per heavy atom. The molecule has 10 nitrogen and oxygen atoms in total. The van der Waals surface area contributed by atoms with Crippen LogP contribution in [0.1, 0.15) is 16.8 Å². The van der Waals surface area contributed by atoms with Crippen molar-refractivity contribution in [2.45, 2.75) is 13.0 Å². The van der Waals surface area contributed by atoms with Crippen molar-refractivity contribution >= 4 is 28.6 Å². The molecule has 1 heterocycles. The van der Waals surface area contributed by atoms with Gasteiger partial charge in [-0.1, -0.05) is 12.1 Å². The van der Waals surface area contributed by atoms with Crippen molar-refractivity contribution < 1.29 is 18.9 Å². The van der Waals surface area contributed by atoms with Crippen molar-refractivity contribution in [2.75, 3.05) is 0 Å². The van der Waals surface area contributed by atoms with Crippen LogP contribution in [0.15, 0.2) is 57.7 Å². The molecule has 2 N–H and O–H groups in total. The molecule has 3 aromatic rings. The Hall–Kier alpha value is -3.95. The molecule has 1 aromatic heterocycles. The molecule has 0 saturated carbocycles. The van der Waals surface area contributed by atoms with Crippen LogP contribution in [0.25, 0.3) is 11.1 Å². The lowest BCUT2D eigenvalue weighted by Crippen LogP contribution is -2.42. The maximum atomic E-state index is 11.9. The van der Waals surface area contributed by atoms with Gasteiger partial charge in [-0.25, -0.2) is 4.79 Å². The summed E-state index contributed by atoms with van der Waals surface area (Å²) in [6, 6.07) is 11.8. The molecule has 0 aliphatic carbocycles. The third-order valence-corrected chi connectivity index (χ3v) is 3.79. The number of aryl methyl sites for hydroxylation is 1. The molecule has 0 unspecified atom stereocenters. The van der Waals surface area contributed by atoms with Gasteiger partial charge in [0, 0.05) is 30.7 Å². The molecule has 10 heteroatoms. The highest BCUT2D eigenvalue weighted by atomic mass is 16.6. The average Bonchev–Trinajstić information content (AvgIpc) is 2.99. The number of benzene rings is 2. The van der Waals surface area contributed by atoms with Gasteiger partial charge in [0.1, 0.15) is 0 Å². The molecule has 0 fully saturated rings. The summed E-state index contributed by atoms with van der Waals surface area (Å²) in [6.07, 6.45) is -0.0655. The number of fused-ring (bicyclic) bond motifs is 1. The molecule has 0 saturated heterocycles. The zero-order valence-corrected chi connectivity index (χ0v) is 13.9. The van der Waals surface area contributed by atoms with Crippen molar-refractivity contribution in [3.05, 3.63) is 74.8 Å². The number of para-hydroxylation sites is 2. The van der Waals surface area contributed by atoms with Crippen LogP contribution in [-0.4, -0.2) is 21.3 Å². The van der Waals surface area contributed by atoms with Crippen LogP contribution >= 0.6 is 0 Å². The molecule has 3 rings (SSSR count). The van der Waals surface area contributed by atoms with Gasteiger partial charge in [0.25, 0.3) is 11.6 Å². The Balaban J connectivity index is 1.55. The van der Waals surface area contributed by atoms with Crippen molar-refractivity contribution in [1.82, 2.24) is 15.4 Å². The molecule has 2 amide bonds. The number of non-ortho nitro benzene ring substituents is 1. The third-order valence-electron chi connectivity index (χ3n) is 3.79. The van der Waals surface area contributed by atoms with Crippen LogP contribution < -0.4 is 16.6 Å². The normalized spacial score (nSPS) is 10.5. The number of nitro groups is 1. The Morgan fingerprint density at radius 2 is 1.78 bits per heavy atom. The second-order valence-corrected chi connectivity index (χ2v) is 5.54. The zero-order chi connectivity index (χ0) is 19.4. The Bertz CT molecular complexity index is 1070. The molecule has 0 radical (unpaired) electrons. The lowest BCUT2D eigenvalue weighted by Gasteiger charge is -2.07. The first-order valence-corrected chi connectivity index (χ1v) is 7.88. The first-order valence-electron chi connectivity index (χ1n) is 7.88.